The number of benzene rings is 2. The molecule has 1 aliphatic heterocycles. The van der Waals surface area contributed by atoms with Crippen molar-refractivity contribution in [2.45, 2.75) is 70.6 Å². The average Bonchev–Trinajstić information content (AvgIpc) is 3.69. The molecule has 45 heavy (non-hydrogen) atoms. The third-order valence-corrected chi connectivity index (χ3v) is 10.1. The zero-order valence-electron chi connectivity index (χ0n) is 25.5. The molecule has 3 N–H and O–H groups in total. The van der Waals surface area contributed by atoms with E-state index in [1.807, 2.05) is 33.8 Å². The summed E-state index contributed by atoms with van der Waals surface area (Å²) in [4.78, 5) is 12.6. The topological polar surface area (TPSA) is 119 Å². The third kappa shape index (κ3) is 6.32. The summed E-state index contributed by atoms with van der Waals surface area (Å²) in [6.45, 7) is 8.00. The molecule has 1 saturated carbocycles. The number of fused-ring (bicyclic) bond motifs is 1. The standard InChI is InChI=1S/C32H35BClFN4O5S/c1-31(2)32(3,4)44-33(43-31)25-12-5-19(15-26(25)35)13-14-38(45(41)42)17-22-18-39-27(16-24(22)20-6-7-20)28(30(36)40)29(37-39)21-8-10-23(34)11-9-21/h5,8-12,15-16,18,20H,6-7,13-14,17H2,1-4H3,(H2,36,40)(H,41,42). The summed E-state index contributed by atoms with van der Waals surface area (Å²) < 4.78 is 53.0. The SMILES string of the molecule is CC1(C)OB(c2ccc(CCN(Cc3cn4nc(-c5ccc(Cl)cc5)c(C(N)=O)c4cc3C3CC3)S(=O)O)cc2F)OC1(C)C. The smallest absolute Gasteiger partial charge is 0.399 e. The molecule has 2 fully saturated rings. The summed E-state index contributed by atoms with van der Waals surface area (Å²) in [6, 6.07) is 13.8. The number of pyridine rings is 1. The molecule has 4 aromatic rings. The van der Waals surface area contributed by atoms with E-state index in [4.69, 9.17) is 26.6 Å². The van der Waals surface area contributed by atoms with Crippen molar-refractivity contribution in [2.24, 2.45) is 5.73 Å². The highest BCUT2D eigenvalue weighted by atomic mass is 35.5. The fourth-order valence-corrected chi connectivity index (χ4v) is 6.27. The van der Waals surface area contributed by atoms with Gasteiger partial charge in [0.05, 0.1) is 22.3 Å². The summed E-state index contributed by atoms with van der Waals surface area (Å²) in [5.74, 6) is -0.783. The maximum atomic E-state index is 15.2. The number of amides is 1. The summed E-state index contributed by atoms with van der Waals surface area (Å²) in [7, 11) is -0.821. The van der Waals surface area contributed by atoms with Crippen molar-refractivity contribution in [3.8, 4) is 11.3 Å². The van der Waals surface area contributed by atoms with Gasteiger partial charge in [0.15, 0.2) is 0 Å². The Kier molecular flexibility index (Phi) is 8.43. The molecule has 1 atom stereocenters. The van der Waals surface area contributed by atoms with E-state index in [1.54, 1.807) is 47.1 Å². The summed E-state index contributed by atoms with van der Waals surface area (Å²) in [5, 5.41) is 5.24. The first-order valence-electron chi connectivity index (χ1n) is 14.8. The van der Waals surface area contributed by atoms with E-state index in [2.05, 4.69) is 5.10 Å². The van der Waals surface area contributed by atoms with Gasteiger partial charge in [-0.3, -0.25) is 9.35 Å². The molecule has 3 heterocycles. The molecule has 1 aliphatic carbocycles. The van der Waals surface area contributed by atoms with Gasteiger partial charge in [-0.05, 0) is 93.8 Å². The van der Waals surface area contributed by atoms with Crippen molar-refractivity contribution in [3.05, 3.63) is 87.8 Å². The highest BCUT2D eigenvalue weighted by molar-refractivity contribution is 7.76. The van der Waals surface area contributed by atoms with Gasteiger partial charge in [-0.25, -0.2) is 13.1 Å². The number of primary amides is 1. The van der Waals surface area contributed by atoms with E-state index in [0.29, 0.717) is 44.8 Å². The Morgan fingerprint density at radius 1 is 1.16 bits per heavy atom. The van der Waals surface area contributed by atoms with Gasteiger partial charge in [-0.15, -0.1) is 0 Å². The van der Waals surface area contributed by atoms with E-state index in [-0.39, 0.29) is 19.0 Å². The fraction of sp³-hybridized carbons (Fsp3) is 0.375. The number of nitrogens with two attached hydrogens (primary N) is 1. The van der Waals surface area contributed by atoms with E-state index >= 15 is 4.39 Å². The lowest BCUT2D eigenvalue weighted by Gasteiger charge is -2.32. The third-order valence-electron chi connectivity index (χ3n) is 9.06. The number of carbonyl (C=O) groups excluding carboxylic acids is 1. The second-order valence-corrected chi connectivity index (χ2v) is 14.2. The van der Waals surface area contributed by atoms with Gasteiger partial charge in [-0.1, -0.05) is 35.9 Å². The van der Waals surface area contributed by atoms with Gasteiger partial charge < -0.3 is 15.0 Å². The Labute approximate surface area is 269 Å². The predicted molar refractivity (Wildman–Crippen MR) is 173 cm³/mol. The lowest BCUT2D eigenvalue weighted by atomic mass is 9.78. The number of rotatable bonds is 10. The van der Waals surface area contributed by atoms with Crippen LogP contribution in [0.1, 0.15) is 73.5 Å². The molecule has 0 spiro atoms. The van der Waals surface area contributed by atoms with Crippen LogP contribution in [-0.4, -0.2) is 53.5 Å². The Bertz CT molecular complexity index is 1800. The first-order valence-corrected chi connectivity index (χ1v) is 16.3. The first-order chi connectivity index (χ1) is 21.2. The van der Waals surface area contributed by atoms with Crippen molar-refractivity contribution < 1.29 is 27.3 Å². The van der Waals surface area contributed by atoms with Gasteiger partial charge in [0.2, 0.25) is 11.3 Å². The van der Waals surface area contributed by atoms with Crippen LogP contribution in [0.15, 0.2) is 54.7 Å². The van der Waals surface area contributed by atoms with Gasteiger partial charge in [0, 0.05) is 35.3 Å². The van der Waals surface area contributed by atoms with Crippen molar-refractivity contribution in [1.29, 1.82) is 0 Å². The maximum Gasteiger partial charge on any atom is 0.497 e. The molecular formula is C32H35BClFN4O5S. The molecule has 6 rings (SSSR count). The van der Waals surface area contributed by atoms with Crippen LogP contribution < -0.4 is 11.2 Å². The highest BCUT2D eigenvalue weighted by Gasteiger charge is 2.52. The molecule has 0 bridgehead atoms. The van der Waals surface area contributed by atoms with Gasteiger partial charge in [-0.2, -0.15) is 9.40 Å². The number of aromatic nitrogens is 2. The van der Waals surface area contributed by atoms with Crippen molar-refractivity contribution in [1.82, 2.24) is 13.9 Å². The van der Waals surface area contributed by atoms with Crippen LogP contribution in [0.4, 0.5) is 4.39 Å². The normalized spacial score (nSPS) is 18.2. The molecule has 1 amide bonds. The van der Waals surface area contributed by atoms with Gasteiger partial charge >= 0.3 is 7.12 Å². The molecular weight excluding hydrogens is 618 g/mol. The lowest BCUT2D eigenvalue weighted by Crippen LogP contribution is -2.41. The Hall–Kier alpha value is -3.13. The first kappa shape index (κ1) is 31.8. The molecule has 2 aromatic heterocycles. The number of carbonyl (C=O) groups is 1. The Morgan fingerprint density at radius 3 is 2.40 bits per heavy atom. The molecule has 2 aliphatic rings. The monoisotopic (exact) mass is 652 g/mol. The maximum absolute atomic E-state index is 15.2. The molecule has 236 valence electrons. The molecule has 13 heteroatoms. The van der Waals surface area contributed by atoms with E-state index < -0.39 is 41.3 Å². The Morgan fingerprint density at radius 2 is 1.82 bits per heavy atom. The van der Waals surface area contributed by atoms with Crippen LogP contribution in [0.3, 0.4) is 0 Å². The number of hydrogen-bond donors (Lipinski definition) is 2. The van der Waals surface area contributed by atoms with Gasteiger partial charge in [0.25, 0.3) is 5.91 Å². The average molecular weight is 653 g/mol. The largest absolute Gasteiger partial charge is 0.497 e. The molecule has 2 aromatic carbocycles. The minimum absolute atomic E-state index is 0.154. The zero-order chi connectivity index (χ0) is 32.3. The summed E-state index contributed by atoms with van der Waals surface area (Å²) in [5.41, 5.74) is 9.45. The second kappa shape index (κ2) is 11.9. The molecule has 1 saturated heterocycles. The number of nitrogens with zero attached hydrogens (tertiary/aromatic N) is 3. The van der Waals surface area contributed by atoms with Crippen LogP contribution in [0.2, 0.25) is 5.02 Å². The van der Waals surface area contributed by atoms with Crippen LogP contribution in [0.5, 0.6) is 0 Å². The van der Waals surface area contributed by atoms with E-state index in [0.717, 1.165) is 24.0 Å². The predicted octanol–water partition coefficient (Wildman–Crippen LogP) is 5.25. The molecule has 1 unspecified atom stereocenters. The number of hydrogen-bond acceptors (Lipinski definition) is 5. The van der Waals surface area contributed by atoms with Gasteiger partial charge in [0.1, 0.15) is 11.5 Å². The minimum Gasteiger partial charge on any atom is -0.399 e. The number of halogens is 2. The Balaban J connectivity index is 1.25. The summed E-state index contributed by atoms with van der Waals surface area (Å²) >= 11 is 3.77. The highest BCUT2D eigenvalue weighted by Crippen LogP contribution is 2.43. The van der Waals surface area contributed by atoms with Crippen LogP contribution in [-0.2, 0) is 33.5 Å². The van der Waals surface area contributed by atoms with Crippen molar-refractivity contribution in [3.63, 3.8) is 0 Å². The quantitative estimate of drug-likeness (QED) is 0.178. The van der Waals surface area contributed by atoms with Crippen molar-refractivity contribution >= 4 is 46.9 Å². The summed E-state index contributed by atoms with van der Waals surface area (Å²) in [6.07, 6.45) is 4.09. The van der Waals surface area contributed by atoms with E-state index in [1.165, 1.54) is 10.4 Å². The van der Waals surface area contributed by atoms with Crippen LogP contribution in [0, 0.1) is 5.82 Å². The van der Waals surface area contributed by atoms with Crippen LogP contribution in [0.25, 0.3) is 16.8 Å². The zero-order valence-corrected chi connectivity index (χ0v) is 27.1. The fourth-order valence-electron chi connectivity index (χ4n) is 5.65. The van der Waals surface area contributed by atoms with E-state index in [9.17, 15) is 13.6 Å². The minimum atomic E-state index is -2.30. The molecule has 9 nitrogen and oxygen atoms in total. The lowest BCUT2D eigenvalue weighted by molar-refractivity contribution is 0.00578. The molecule has 0 radical (unpaired) electrons. The van der Waals surface area contributed by atoms with Crippen LogP contribution >= 0.6 is 11.6 Å². The van der Waals surface area contributed by atoms with Crippen molar-refractivity contribution in [2.75, 3.05) is 6.54 Å². The second-order valence-electron chi connectivity index (χ2n) is 12.7.